The number of phenolic OH excluding ortho intramolecular Hbond substituents is 1. The minimum Gasteiger partial charge on any atom is -0.508 e. The van der Waals surface area contributed by atoms with Gasteiger partial charge in [-0.3, -0.25) is 0 Å². The van der Waals surface area contributed by atoms with Gasteiger partial charge in [-0.25, -0.2) is 0 Å². The smallest absolute Gasteiger partial charge is 0.116 e. The summed E-state index contributed by atoms with van der Waals surface area (Å²) < 4.78 is 0. The maximum atomic E-state index is 9.22. The number of phenols is 1. The molecule has 0 amide bonds. The zero-order valence-corrected chi connectivity index (χ0v) is 7.21. The number of hydrogen-bond acceptors (Lipinski definition) is 2. The Morgan fingerprint density at radius 2 is 2.00 bits per heavy atom. The van der Waals surface area contributed by atoms with Gasteiger partial charge in [0.1, 0.15) is 5.75 Å². The standard InChI is InChI=1S/C10H8OS/c11-10-3-1-2-8(6-10)9-4-5-12-7-9/h1-7,11H. The maximum Gasteiger partial charge on any atom is 0.116 e. The van der Waals surface area contributed by atoms with E-state index in [0.29, 0.717) is 5.75 Å². The van der Waals surface area contributed by atoms with Crippen molar-refractivity contribution in [2.45, 2.75) is 0 Å². The molecule has 0 aliphatic heterocycles. The van der Waals surface area contributed by atoms with E-state index in [1.54, 1.807) is 23.5 Å². The highest BCUT2D eigenvalue weighted by atomic mass is 32.1. The van der Waals surface area contributed by atoms with Crippen LogP contribution in [0.2, 0.25) is 0 Å². The molecule has 0 aliphatic carbocycles. The fourth-order valence-corrected chi connectivity index (χ4v) is 1.78. The van der Waals surface area contributed by atoms with E-state index in [0.717, 1.165) is 11.1 Å². The molecule has 2 aromatic rings. The lowest BCUT2D eigenvalue weighted by atomic mass is 10.1. The highest BCUT2D eigenvalue weighted by Crippen LogP contribution is 2.24. The van der Waals surface area contributed by atoms with Crippen molar-refractivity contribution < 1.29 is 5.11 Å². The van der Waals surface area contributed by atoms with Gasteiger partial charge in [0, 0.05) is 0 Å². The summed E-state index contributed by atoms with van der Waals surface area (Å²) in [4.78, 5) is 0. The summed E-state index contributed by atoms with van der Waals surface area (Å²) in [5, 5.41) is 13.3. The van der Waals surface area contributed by atoms with Gasteiger partial charge in [0.2, 0.25) is 0 Å². The first kappa shape index (κ1) is 7.37. The van der Waals surface area contributed by atoms with Gasteiger partial charge in [0.15, 0.2) is 0 Å². The molecule has 1 aromatic carbocycles. The van der Waals surface area contributed by atoms with Crippen molar-refractivity contribution in [3.63, 3.8) is 0 Å². The first-order chi connectivity index (χ1) is 5.86. The third kappa shape index (κ3) is 1.34. The Labute approximate surface area is 74.9 Å². The number of hydrogen-bond donors (Lipinski definition) is 1. The van der Waals surface area contributed by atoms with Crippen LogP contribution in [-0.2, 0) is 0 Å². The Balaban J connectivity index is 2.48. The fraction of sp³-hybridized carbons (Fsp3) is 0. The predicted octanol–water partition coefficient (Wildman–Crippen LogP) is 3.12. The second-order valence-electron chi connectivity index (χ2n) is 2.56. The molecular formula is C10H8OS. The lowest BCUT2D eigenvalue weighted by Gasteiger charge is -1.97. The third-order valence-corrected chi connectivity index (χ3v) is 2.38. The van der Waals surface area contributed by atoms with Crippen LogP contribution < -0.4 is 0 Å². The fourth-order valence-electron chi connectivity index (χ4n) is 1.11. The van der Waals surface area contributed by atoms with Crippen molar-refractivity contribution in [2.75, 3.05) is 0 Å². The monoisotopic (exact) mass is 176 g/mol. The lowest BCUT2D eigenvalue weighted by Crippen LogP contribution is -1.71. The molecule has 0 saturated heterocycles. The van der Waals surface area contributed by atoms with Crippen LogP contribution in [0.3, 0.4) is 0 Å². The second kappa shape index (κ2) is 2.99. The summed E-state index contributed by atoms with van der Waals surface area (Å²) in [6.45, 7) is 0. The summed E-state index contributed by atoms with van der Waals surface area (Å²) in [7, 11) is 0. The van der Waals surface area contributed by atoms with Gasteiger partial charge < -0.3 is 5.11 Å². The van der Waals surface area contributed by atoms with Crippen LogP contribution in [0.5, 0.6) is 5.75 Å². The average molecular weight is 176 g/mol. The van der Waals surface area contributed by atoms with Gasteiger partial charge in [-0.2, -0.15) is 11.3 Å². The normalized spacial score (nSPS) is 10.0. The summed E-state index contributed by atoms with van der Waals surface area (Å²) in [5.74, 6) is 0.318. The number of benzene rings is 1. The van der Waals surface area contributed by atoms with E-state index in [1.807, 2.05) is 23.6 Å². The highest BCUT2D eigenvalue weighted by molar-refractivity contribution is 7.08. The van der Waals surface area contributed by atoms with E-state index in [4.69, 9.17) is 0 Å². The zero-order chi connectivity index (χ0) is 8.39. The van der Waals surface area contributed by atoms with E-state index >= 15 is 0 Å². The molecule has 1 aromatic heterocycles. The molecule has 0 unspecified atom stereocenters. The molecule has 12 heavy (non-hydrogen) atoms. The van der Waals surface area contributed by atoms with Gasteiger partial charge in [-0.1, -0.05) is 12.1 Å². The van der Waals surface area contributed by atoms with E-state index in [9.17, 15) is 5.11 Å². The Morgan fingerprint density at radius 1 is 1.08 bits per heavy atom. The van der Waals surface area contributed by atoms with E-state index < -0.39 is 0 Å². The third-order valence-electron chi connectivity index (χ3n) is 1.70. The van der Waals surface area contributed by atoms with Gasteiger partial charge >= 0.3 is 0 Å². The molecule has 0 fully saturated rings. The first-order valence-corrected chi connectivity index (χ1v) is 4.62. The van der Waals surface area contributed by atoms with Crippen molar-refractivity contribution in [3.8, 4) is 16.9 Å². The molecule has 0 aliphatic rings. The number of rotatable bonds is 1. The molecule has 60 valence electrons. The molecule has 0 radical (unpaired) electrons. The Morgan fingerprint density at radius 3 is 2.67 bits per heavy atom. The van der Waals surface area contributed by atoms with Gasteiger partial charge in [-0.15, -0.1) is 0 Å². The Bertz CT molecular complexity index is 365. The number of aromatic hydroxyl groups is 1. The van der Waals surface area contributed by atoms with Crippen LogP contribution in [0.4, 0.5) is 0 Å². The van der Waals surface area contributed by atoms with Crippen LogP contribution in [0.25, 0.3) is 11.1 Å². The second-order valence-corrected chi connectivity index (χ2v) is 3.34. The summed E-state index contributed by atoms with van der Waals surface area (Å²) in [5.41, 5.74) is 2.23. The van der Waals surface area contributed by atoms with Crippen LogP contribution in [0.1, 0.15) is 0 Å². The van der Waals surface area contributed by atoms with Gasteiger partial charge in [0.05, 0.1) is 0 Å². The molecule has 2 rings (SSSR count). The first-order valence-electron chi connectivity index (χ1n) is 3.68. The molecule has 0 bridgehead atoms. The predicted molar refractivity (Wildman–Crippen MR) is 51.4 cm³/mol. The largest absolute Gasteiger partial charge is 0.508 e. The molecule has 1 heterocycles. The van der Waals surface area contributed by atoms with E-state index in [1.165, 1.54) is 0 Å². The lowest BCUT2D eigenvalue weighted by molar-refractivity contribution is 0.475. The Hall–Kier alpha value is -1.28. The molecule has 1 nitrogen and oxygen atoms in total. The van der Waals surface area contributed by atoms with Crippen molar-refractivity contribution >= 4 is 11.3 Å². The van der Waals surface area contributed by atoms with E-state index in [-0.39, 0.29) is 0 Å². The van der Waals surface area contributed by atoms with E-state index in [2.05, 4.69) is 5.38 Å². The van der Waals surface area contributed by atoms with Crippen molar-refractivity contribution in [3.05, 3.63) is 41.1 Å². The quantitative estimate of drug-likeness (QED) is 0.707. The van der Waals surface area contributed by atoms with Crippen molar-refractivity contribution in [1.29, 1.82) is 0 Å². The minimum atomic E-state index is 0.318. The average Bonchev–Trinajstić information content (AvgIpc) is 2.56. The topological polar surface area (TPSA) is 20.2 Å². The van der Waals surface area contributed by atoms with Gasteiger partial charge in [-0.05, 0) is 40.1 Å². The summed E-state index contributed by atoms with van der Waals surface area (Å²) >= 11 is 1.66. The Kier molecular flexibility index (Phi) is 1.84. The molecular weight excluding hydrogens is 168 g/mol. The zero-order valence-electron chi connectivity index (χ0n) is 6.40. The molecule has 0 spiro atoms. The summed E-state index contributed by atoms with van der Waals surface area (Å²) in [6.07, 6.45) is 0. The van der Waals surface area contributed by atoms with Crippen LogP contribution in [0, 0.1) is 0 Å². The highest BCUT2D eigenvalue weighted by Gasteiger charge is 1.97. The maximum absolute atomic E-state index is 9.22. The number of thiophene rings is 1. The SMILES string of the molecule is Oc1cccc(-c2ccsc2)c1. The van der Waals surface area contributed by atoms with Crippen molar-refractivity contribution in [2.24, 2.45) is 0 Å². The molecule has 2 heteroatoms. The minimum absolute atomic E-state index is 0.318. The molecule has 0 atom stereocenters. The van der Waals surface area contributed by atoms with Crippen LogP contribution >= 0.6 is 11.3 Å². The van der Waals surface area contributed by atoms with Crippen LogP contribution in [0.15, 0.2) is 41.1 Å². The summed E-state index contributed by atoms with van der Waals surface area (Å²) in [6, 6.07) is 9.32. The van der Waals surface area contributed by atoms with Crippen LogP contribution in [-0.4, -0.2) is 5.11 Å². The molecule has 1 N–H and O–H groups in total. The van der Waals surface area contributed by atoms with Gasteiger partial charge in [0.25, 0.3) is 0 Å². The van der Waals surface area contributed by atoms with Crippen molar-refractivity contribution in [1.82, 2.24) is 0 Å². The molecule has 0 saturated carbocycles.